The molecule has 1 fully saturated rings. The molecule has 2 aromatic carbocycles. The number of aliphatic imine (C=N–C) groups is 1. The highest BCUT2D eigenvalue weighted by Crippen LogP contribution is 2.28. The Morgan fingerprint density at radius 1 is 1.14 bits per heavy atom. The van der Waals surface area contributed by atoms with E-state index in [0.29, 0.717) is 15.8 Å². The third-order valence-electron chi connectivity index (χ3n) is 3.18. The van der Waals surface area contributed by atoms with Crippen LogP contribution >= 0.6 is 11.8 Å². The smallest absolute Gasteiger partial charge is 0.264 e. The number of carbonyl (C=O) groups excluding carboxylic acids is 1. The van der Waals surface area contributed by atoms with Crippen LogP contribution in [0.2, 0.25) is 0 Å². The molecule has 3 rings (SSSR count). The molecule has 110 valence electrons. The third-order valence-corrected chi connectivity index (χ3v) is 4.09. The summed E-state index contributed by atoms with van der Waals surface area (Å²) in [6.07, 6.45) is 1.85. The molecule has 5 heteroatoms. The van der Waals surface area contributed by atoms with E-state index in [0.717, 1.165) is 11.1 Å². The van der Waals surface area contributed by atoms with Gasteiger partial charge in [-0.1, -0.05) is 24.3 Å². The molecule has 1 amide bonds. The molecule has 0 spiro atoms. The quantitative estimate of drug-likeness (QED) is 0.851. The Labute approximate surface area is 132 Å². The van der Waals surface area contributed by atoms with E-state index in [9.17, 15) is 9.18 Å². The fourth-order valence-electron chi connectivity index (χ4n) is 2.00. The summed E-state index contributed by atoms with van der Waals surface area (Å²) in [5.41, 5.74) is 2.71. The molecule has 3 nitrogen and oxygen atoms in total. The van der Waals surface area contributed by atoms with Crippen molar-refractivity contribution in [1.29, 1.82) is 0 Å². The Balaban J connectivity index is 1.84. The van der Waals surface area contributed by atoms with Crippen molar-refractivity contribution >= 4 is 34.6 Å². The molecule has 22 heavy (non-hydrogen) atoms. The average molecular weight is 312 g/mol. The van der Waals surface area contributed by atoms with Crippen molar-refractivity contribution in [1.82, 2.24) is 5.32 Å². The van der Waals surface area contributed by atoms with Crippen molar-refractivity contribution in [3.63, 3.8) is 0 Å². The van der Waals surface area contributed by atoms with Gasteiger partial charge in [0.1, 0.15) is 5.82 Å². The van der Waals surface area contributed by atoms with E-state index in [1.165, 1.54) is 23.9 Å². The van der Waals surface area contributed by atoms with Gasteiger partial charge < -0.3 is 5.32 Å². The van der Waals surface area contributed by atoms with Crippen molar-refractivity contribution in [3.8, 4) is 0 Å². The molecule has 0 saturated carbocycles. The van der Waals surface area contributed by atoms with Crippen LogP contribution in [0.25, 0.3) is 6.08 Å². The molecule has 0 aromatic heterocycles. The number of halogens is 1. The Bertz CT molecular complexity index is 782. The molecular weight excluding hydrogens is 299 g/mol. The van der Waals surface area contributed by atoms with Crippen molar-refractivity contribution in [2.24, 2.45) is 4.99 Å². The largest absolute Gasteiger partial charge is 0.300 e. The summed E-state index contributed by atoms with van der Waals surface area (Å²) < 4.78 is 12.9. The van der Waals surface area contributed by atoms with Crippen LogP contribution in [0.4, 0.5) is 10.1 Å². The van der Waals surface area contributed by atoms with Gasteiger partial charge in [0.15, 0.2) is 5.17 Å². The highest BCUT2D eigenvalue weighted by atomic mass is 32.2. The van der Waals surface area contributed by atoms with E-state index in [4.69, 9.17) is 0 Å². The molecule has 1 N–H and O–H groups in total. The zero-order valence-electron chi connectivity index (χ0n) is 11.8. The second-order valence-electron chi connectivity index (χ2n) is 4.81. The van der Waals surface area contributed by atoms with Crippen molar-refractivity contribution in [2.45, 2.75) is 6.92 Å². The molecular formula is C17H13FN2OS. The standard InChI is InChI=1S/C17H13FN2OS/c1-11-4-2-3-5-12(11)10-15-16(21)20-17(22-15)19-14-8-6-13(18)7-9-14/h2-10H,1H3,(H,19,20,21). The maximum atomic E-state index is 12.9. The summed E-state index contributed by atoms with van der Waals surface area (Å²) in [5.74, 6) is -0.485. The maximum Gasteiger partial charge on any atom is 0.264 e. The molecule has 1 aliphatic heterocycles. The van der Waals surface area contributed by atoms with Crippen molar-refractivity contribution in [2.75, 3.05) is 0 Å². The van der Waals surface area contributed by atoms with Gasteiger partial charge in [0.05, 0.1) is 10.6 Å². The van der Waals surface area contributed by atoms with Gasteiger partial charge in [0, 0.05) is 0 Å². The minimum Gasteiger partial charge on any atom is -0.300 e. The van der Waals surface area contributed by atoms with Crippen LogP contribution in [-0.2, 0) is 4.79 Å². The summed E-state index contributed by atoms with van der Waals surface area (Å²) >= 11 is 1.28. The van der Waals surface area contributed by atoms with E-state index in [1.54, 1.807) is 12.1 Å². The summed E-state index contributed by atoms with van der Waals surface area (Å²) in [6.45, 7) is 2.00. The number of rotatable bonds is 2. The fraction of sp³-hybridized carbons (Fsp3) is 0.0588. The SMILES string of the molecule is Cc1ccccc1C=C1SC(=Nc2ccc(F)cc2)NC1=O. The summed E-state index contributed by atoms with van der Waals surface area (Å²) in [7, 11) is 0. The number of amides is 1. The number of nitrogens with zero attached hydrogens (tertiary/aromatic N) is 1. The molecule has 2 aromatic rings. The van der Waals surface area contributed by atoms with E-state index in [-0.39, 0.29) is 11.7 Å². The maximum absolute atomic E-state index is 12.9. The van der Waals surface area contributed by atoms with Gasteiger partial charge in [-0.2, -0.15) is 0 Å². The second kappa shape index (κ2) is 6.15. The van der Waals surface area contributed by atoms with Crippen LogP contribution in [0.1, 0.15) is 11.1 Å². The van der Waals surface area contributed by atoms with Crippen molar-refractivity contribution in [3.05, 3.63) is 70.4 Å². The van der Waals surface area contributed by atoms with Crippen LogP contribution in [-0.4, -0.2) is 11.1 Å². The van der Waals surface area contributed by atoms with E-state index >= 15 is 0 Å². The first-order chi connectivity index (χ1) is 10.6. The van der Waals surface area contributed by atoms with Crippen LogP contribution in [0, 0.1) is 12.7 Å². The number of aryl methyl sites for hydroxylation is 1. The first-order valence-corrected chi connectivity index (χ1v) is 7.54. The van der Waals surface area contributed by atoms with Gasteiger partial charge in [0.2, 0.25) is 0 Å². The van der Waals surface area contributed by atoms with E-state index in [2.05, 4.69) is 10.3 Å². The number of thioether (sulfide) groups is 1. The molecule has 0 radical (unpaired) electrons. The lowest BCUT2D eigenvalue weighted by Crippen LogP contribution is -2.19. The molecule has 0 unspecified atom stereocenters. The Morgan fingerprint density at radius 3 is 2.59 bits per heavy atom. The summed E-state index contributed by atoms with van der Waals surface area (Å²) in [6, 6.07) is 13.7. The lowest BCUT2D eigenvalue weighted by Gasteiger charge is -1.99. The van der Waals surface area contributed by atoms with Gasteiger partial charge in [-0.15, -0.1) is 0 Å². The number of hydrogen-bond donors (Lipinski definition) is 1. The Hall–Kier alpha value is -2.40. The second-order valence-corrected chi connectivity index (χ2v) is 5.85. The summed E-state index contributed by atoms with van der Waals surface area (Å²) in [4.78, 5) is 16.9. The van der Waals surface area contributed by atoms with Gasteiger partial charge in [-0.25, -0.2) is 9.38 Å². The van der Waals surface area contributed by atoms with Crippen molar-refractivity contribution < 1.29 is 9.18 Å². The zero-order chi connectivity index (χ0) is 15.5. The van der Waals surface area contributed by atoms with E-state index in [1.807, 2.05) is 37.3 Å². The predicted octanol–water partition coefficient (Wildman–Crippen LogP) is 4.03. The topological polar surface area (TPSA) is 41.5 Å². The molecule has 0 atom stereocenters. The number of hydrogen-bond acceptors (Lipinski definition) is 3. The Kier molecular flexibility index (Phi) is 4.06. The van der Waals surface area contributed by atoms with Crippen LogP contribution < -0.4 is 5.32 Å². The minimum atomic E-state index is -0.313. The summed E-state index contributed by atoms with van der Waals surface area (Å²) in [5, 5.41) is 3.22. The minimum absolute atomic E-state index is 0.172. The van der Waals surface area contributed by atoms with Gasteiger partial charge in [-0.05, 0) is 60.2 Å². The number of nitrogens with one attached hydrogen (secondary N) is 1. The molecule has 0 bridgehead atoms. The third kappa shape index (κ3) is 3.26. The number of amidine groups is 1. The molecule has 1 heterocycles. The monoisotopic (exact) mass is 312 g/mol. The lowest BCUT2D eigenvalue weighted by atomic mass is 10.1. The lowest BCUT2D eigenvalue weighted by molar-refractivity contribution is -0.115. The predicted molar refractivity (Wildman–Crippen MR) is 88.4 cm³/mol. The van der Waals surface area contributed by atoms with E-state index < -0.39 is 0 Å². The zero-order valence-corrected chi connectivity index (χ0v) is 12.7. The van der Waals surface area contributed by atoms with Gasteiger partial charge in [-0.3, -0.25) is 4.79 Å². The molecule has 1 aliphatic rings. The first-order valence-electron chi connectivity index (χ1n) is 6.72. The van der Waals surface area contributed by atoms with Crippen LogP contribution in [0.5, 0.6) is 0 Å². The van der Waals surface area contributed by atoms with Gasteiger partial charge >= 0.3 is 0 Å². The number of benzene rings is 2. The highest BCUT2D eigenvalue weighted by molar-refractivity contribution is 8.18. The molecule has 1 saturated heterocycles. The first kappa shape index (κ1) is 14.5. The fourth-order valence-corrected chi connectivity index (χ4v) is 2.84. The van der Waals surface area contributed by atoms with Crippen LogP contribution in [0.3, 0.4) is 0 Å². The normalized spacial score (nSPS) is 18.0. The number of carbonyl (C=O) groups is 1. The van der Waals surface area contributed by atoms with Crippen LogP contribution in [0.15, 0.2) is 58.4 Å². The average Bonchev–Trinajstić information content (AvgIpc) is 2.84. The highest BCUT2D eigenvalue weighted by Gasteiger charge is 2.23. The van der Waals surface area contributed by atoms with Gasteiger partial charge in [0.25, 0.3) is 5.91 Å². The molecule has 0 aliphatic carbocycles. The Morgan fingerprint density at radius 2 is 1.86 bits per heavy atom.